The van der Waals surface area contributed by atoms with Crippen LogP contribution < -0.4 is 14.4 Å². The molecule has 1 aliphatic rings. The molecule has 1 unspecified atom stereocenters. The number of ether oxygens (including phenoxy) is 2. The van der Waals surface area contributed by atoms with E-state index in [-0.39, 0.29) is 21.9 Å². The number of anilines is 1. The second-order valence-electron chi connectivity index (χ2n) is 8.99. The third-order valence-electron chi connectivity index (χ3n) is 6.29. The van der Waals surface area contributed by atoms with Gasteiger partial charge in [-0.3, -0.25) is 14.5 Å². The van der Waals surface area contributed by atoms with Crippen LogP contribution in [-0.2, 0) is 9.59 Å². The van der Waals surface area contributed by atoms with E-state index in [9.17, 15) is 14.7 Å². The summed E-state index contributed by atoms with van der Waals surface area (Å²) in [5.41, 5.74) is 2.51. The summed E-state index contributed by atoms with van der Waals surface area (Å²) in [7, 11) is 0. The van der Waals surface area contributed by atoms with E-state index in [0.29, 0.717) is 41.9 Å². The van der Waals surface area contributed by atoms with Crippen molar-refractivity contribution in [1.82, 2.24) is 0 Å². The summed E-state index contributed by atoms with van der Waals surface area (Å²) in [5.74, 6) is -0.418. The highest BCUT2D eigenvalue weighted by atomic mass is 35.5. The van der Waals surface area contributed by atoms with Gasteiger partial charge in [-0.1, -0.05) is 49.7 Å². The van der Waals surface area contributed by atoms with Crippen LogP contribution in [0.25, 0.3) is 5.76 Å². The molecule has 192 valence electrons. The lowest BCUT2D eigenvalue weighted by atomic mass is 9.93. The Morgan fingerprint density at radius 2 is 1.51 bits per heavy atom. The number of benzene rings is 3. The highest BCUT2D eigenvalue weighted by molar-refractivity contribution is 6.52. The lowest BCUT2D eigenvalue weighted by Gasteiger charge is -2.26. The Kier molecular flexibility index (Phi) is 7.89. The molecule has 3 aromatic carbocycles. The monoisotopic (exact) mass is 519 g/mol. The van der Waals surface area contributed by atoms with Crippen molar-refractivity contribution in [2.45, 2.75) is 39.7 Å². The summed E-state index contributed by atoms with van der Waals surface area (Å²) in [6.07, 6.45) is 0. The Hall–Kier alpha value is -3.77. The first-order valence-electron chi connectivity index (χ1n) is 12.3. The predicted molar refractivity (Wildman–Crippen MR) is 146 cm³/mol. The topological polar surface area (TPSA) is 76.1 Å². The molecule has 1 amide bonds. The second-order valence-corrected chi connectivity index (χ2v) is 9.40. The number of amides is 1. The number of aliphatic hydroxyl groups excluding tert-OH is 1. The Labute approximate surface area is 222 Å². The molecule has 1 atom stereocenters. The number of ketones is 1. The molecule has 4 rings (SSSR count). The zero-order valence-electron chi connectivity index (χ0n) is 21.3. The van der Waals surface area contributed by atoms with Crippen molar-refractivity contribution >= 4 is 34.7 Å². The first-order chi connectivity index (χ1) is 17.8. The minimum Gasteiger partial charge on any atom is -0.507 e. The van der Waals surface area contributed by atoms with Gasteiger partial charge in [0.1, 0.15) is 17.3 Å². The molecule has 0 aliphatic carbocycles. The van der Waals surface area contributed by atoms with Gasteiger partial charge in [0.2, 0.25) is 0 Å². The van der Waals surface area contributed by atoms with E-state index in [4.69, 9.17) is 21.1 Å². The normalized spacial score (nSPS) is 16.9. The largest absolute Gasteiger partial charge is 0.507 e. The Balaban J connectivity index is 1.90. The highest BCUT2D eigenvalue weighted by Crippen LogP contribution is 2.43. The van der Waals surface area contributed by atoms with Crippen LogP contribution in [-0.4, -0.2) is 30.0 Å². The molecule has 0 saturated carbocycles. The van der Waals surface area contributed by atoms with E-state index in [1.807, 2.05) is 38.1 Å². The van der Waals surface area contributed by atoms with Gasteiger partial charge in [-0.2, -0.15) is 0 Å². The number of carbonyl (C=O) groups is 2. The van der Waals surface area contributed by atoms with Gasteiger partial charge in [0.25, 0.3) is 11.7 Å². The van der Waals surface area contributed by atoms with Crippen LogP contribution >= 0.6 is 11.6 Å². The smallest absolute Gasteiger partial charge is 0.300 e. The fraction of sp³-hybridized carbons (Fsp3) is 0.267. The molecule has 6 nitrogen and oxygen atoms in total. The van der Waals surface area contributed by atoms with E-state index < -0.39 is 17.7 Å². The SMILES string of the molecule is CCOc1ccc(N2C(=O)C(=O)/C(=C(/O)c3cc(OCC)ccc3Cl)C2c2ccc(C(C)C)cc2)cc1. The molecule has 1 aliphatic heterocycles. The van der Waals surface area contributed by atoms with Crippen molar-refractivity contribution < 1.29 is 24.2 Å². The maximum absolute atomic E-state index is 13.4. The summed E-state index contributed by atoms with van der Waals surface area (Å²) in [4.78, 5) is 28.3. The number of hydrogen-bond donors (Lipinski definition) is 1. The molecular formula is C30H30ClNO5. The van der Waals surface area contributed by atoms with Crippen molar-refractivity contribution in [3.8, 4) is 11.5 Å². The molecule has 1 fully saturated rings. The summed E-state index contributed by atoms with van der Waals surface area (Å²) >= 11 is 6.43. The maximum Gasteiger partial charge on any atom is 0.300 e. The molecule has 37 heavy (non-hydrogen) atoms. The zero-order valence-corrected chi connectivity index (χ0v) is 22.1. The van der Waals surface area contributed by atoms with E-state index in [1.165, 1.54) is 4.90 Å². The number of Topliss-reactive ketones (excluding diaryl/α,β-unsaturated/α-hetero) is 1. The van der Waals surface area contributed by atoms with Crippen molar-refractivity contribution in [1.29, 1.82) is 0 Å². The van der Waals surface area contributed by atoms with E-state index in [1.54, 1.807) is 42.5 Å². The molecule has 0 bridgehead atoms. The Bertz CT molecular complexity index is 1330. The molecule has 7 heteroatoms. The van der Waals surface area contributed by atoms with Gasteiger partial charge in [-0.05, 0) is 73.4 Å². The predicted octanol–water partition coefficient (Wildman–Crippen LogP) is 6.89. The van der Waals surface area contributed by atoms with Gasteiger partial charge in [0.05, 0.1) is 29.9 Å². The summed E-state index contributed by atoms with van der Waals surface area (Å²) in [5, 5.41) is 11.7. The molecule has 0 spiro atoms. The first kappa shape index (κ1) is 26.3. The second kappa shape index (κ2) is 11.1. The Morgan fingerprint density at radius 3 is 2.11 bits per heavy atom. The minimum absolute atomic E-state index is 0.0354. The lowest BCUT2D eigenvalue weighted by molar-refractivity contribution is -0.132. The van der Waals surface area contributed by atoms with Crippen LogP contribution in [0.4, 0.5) is 5.69 Å². The van der Waals surface area contributed by atoms with Crippen LogP contribution in [0.5, 0.6) is 11.5 Å². The van der Waals surface area contributed by atoms with Crippen LogP contribution in [0.2, 0.25) is 5.02 Å². The molecular weight excluding hydrogens is 490 g/mol. The molecule has 3 aromatic rings. The number of aliphatic hydroxyl groups is 1. The summed E-state index contributed by atoms with van der Waals surface area (Å²) in [6.45, 7) is 8.85. The van der Waals surface area contributed by atoms with Crippen molar-refractivity contribution in [3.63, 3.8) is 0 Å². The fourth-order valence-electron chi connectivity index (χ4n) is 4.43. The van der Waals surface area contributed by atoms with Crippen molar-refractivity contribution in [2.24, 2.45) is 0 Å². The van der Waals surface area contributed by atoms with Gasteiger partial charge in [0, 0.05) is 11.3 Å². The van der Waals surface area contributed by atoms with Crippen LogP contribution in [0.3, 0.4) is 0 Å². The average molecular weight is 520 g/mol. The quantitative estimate of drug-likeness (QED) is 0.199. The first-order valence-corrected chi connectivity index (χ1v) is 12.7. The summed E-state index contributed by atoms with van der Waals surface area (Å²) < 4.78 is 11.1. The third-order valence-corrected chi connectivity index (χ3v) is 6.62. The third kappa shape index (κ3) is 5.20. The van der Waals surface area contributed by atoms with Crippen molar-refractivity contribution in [2.75, 3.05) is 18.1 Å². The van der Waals surface area contributed by atoms with Crippen LogP contribution in [0.1, 0.15) is 56.3 Å². The van der Waals surface area contributed by atoms with Crippen molar-refractivity contribution in [3.05, 3.63) is 94.0 Å². The van der Waals surface area contributed by atoms with Gasteiger partial charge in [0.15, 0.2) is 0 Å². The van der Waals surface area contributed by atoms with E-state index in [2.05, 4.69) is 13.8 Å². The lowest BCUT2D eigenvalue weighted by Crippen LogP contribution is -2.29. The van der Waals surface area contributed by atoms with Crippen LogP contribution in [0, 0.1) is 0 Å². The molecule has 1 saturated heterocycles. The Morgan fingerprint density at radius 1 is 0.919 bits per heavy atom. The average Bonchev–Trinajstić information content (AvgIpc) is 3.16. The molecule has 1 heterocycles. The number of nitrogens with zero attached hydrogens (tertiary/aromatic N) is 1. The number of halogens is 1. The van der Waals surface area contributed by atoms with Crippen LogP contribution in [0.15, 0.2) is 72.3 Å². The molecule has 1 N–H and O–H groups in total. The van der Waals surface area contributed by atoms with Gasteiger partial charge >= 0.3 is 0 Å². The maximum atomic E-state index is 13.4. The number of carbonyl (C=O) groups excluding carboxylic acids is 2. The van der Waals surface area contributed by atoms with Gasteiger partial charge in [-0.25, -0.2) is 0 Å². The van der Waals surface area contributed by atoms with E-state index in [0.717, 1.165) is 5.56 Å². The number of hydrogen-bond acceptors (Lipinski definition) is 5. The van der Waals surface area contributed by atoms with E-state index >= 15 is 0 Å². The molecule has 0 aromatic heterocycles. The minimum atomic E-state index is -0.856. The van der Waals surface area contributed by atoms with Gasteiger partial charge < -0.3 is 14.6 Å². The fourth-order valence-corrected chi connectivity index (χ4v) is 4.64. The van der Waals surface area contributed by atoms with Gasteiger partial charge in [-0.15, -0.1) is 0 Å². The highest BCUT2D eigenvalue weighted by Gasteiger charge is 2.47. The summed E-state index contributed by atoms with van der Waals surface area (Å²) in [6, 6.07) is 18.7. The standard InChI is InChI=1S/C30H30ClNO5/c1-5-36-22-13-11-21(12-14-22)32-27(20-9-7-19(8-10-20)18(3)4)26(29(34)30(32)35)28(33)24-17-23(37-6-2)15-16-25(24)31/h7-18,27,33H,5-6H2,1-4H3/b28-26+. The zero-order chi connectivity index (χ0) is 26.7. The number of rotatable bonds is 8. The molecule has 0 radical (unpaired) electrons.